The molecule has 15 heavy (non-hydrogen) atoms. The average Bonchev–Trinajstić information content (AvgIpc) is 2.20. The average molecular weight is 271 g/mol. The molecule has 1 rings (SSSR count). The van der Waals surface area contributed by atoms with E-state index in [0.29, 0.717) is 5.92 Å². The van der Waals surface area contributed by atoms with Gasteiger partial charge in [-0.2, -0.15) is 0 Å². The van der Waals surface area contributed by atoms with E-state index in [4.69, 9.17) is 4.74 Å². The maximum absolute atomic E-state index is 5.74. The van der Waals surface area contributed by atoms with Gasteiger partial charge in [0, 0.05) is 5.33 Å². The molecule has 0 saturated heterocycles. The van der Waals surface area contributed by atoms with Crippen molar-refractivity contribution in [2.75, 3.05) is 11.9 Å². The highest BCUT2D eigenvalue weighted by Gasteiger charge is 2.04. The first-order valence-corrected chi connectivity index (χ1v) is 6.56. The summed E-state index contributed by atoms with van der Waals surface area (Å²) in [5, 5.41) is 0.996. The summed E-state index contributed by atoms with van der Waals surface area (Å²) in [7, 11) is 0. The fourth-order valence-electron chi connectivity index (χ4n) is 1.37. The SMILES string of the molecule is Cc1ccc(C(C)C)cc1OCCCBr. The maximum Gasteiger partial charge on any atom is 0.122 e. The molecule has 1 aromatic rings. The van der Waals surface area contributed by atoms with Gasteiger partial charge in [0.15, 0.2) is 0 Å². The molecule has 0 unspecified atom stereocenters. The zero-order valence-electron chi connectivity index (χ0n) is 9.72. The van der Waals surface area contributed by atoms with Gasteiger partial charge in [0.25, 0.3) is 0 Å². The summed E-state index contributed by atoms with van der Waals surface area (Å²) >= 11 is 3.40. The van der Waals surface area contributed by atoms with Crippen LogP contribution in [0.4, 0.5) is 0 Å². The van der Waals surface area contributed by atoms with Gasteiger partial charge in [-0.25, -0.2) is 0 Å². The van der Waals surface area contributed by atoms with Crippen LogP contribution in [0.1, 0.15) is 37.3 Å². The van der Waals surface area contributed by atoms with Crippen molar-refractivity contribution < 1.29 is 4.74 Å². The summed E-state index contributed by atoms with van der Waals surface area (Å²) in [6, 6.07) is 6.48. The van der Waals surface area contributed by atoms with E-state index in [1.807, 2.05) is 0 Å². The number of benzene rings is 1. The molecule has 84 valence electrons. The normalized spacial score (nSPS) is 10.7. The smallest absolute Gasteiger partial charge is 0.122 e. The van der Waals surface area contributed by atoms with Crippen LogP contribution in [0.5, 0.6) is 5.75 Å². The largest absolute Gasteiger partial charge is 0.493 e. The fourth-order valence-corrected chi connectivity index (χ4v) is 1.60. The van der Waals surface area contributed by atoms with Crippen molar-refractivity contribution in [3.63, 3.8) is 0 Å². The van der Waals surface area contributed by atoms with Gasteiger partial charge >= 0.3 is 0 Å². The second kappa shape index (κ2) is 6.16. The highest BCUT2D eigenvalue weighted by molar-refractivity contribution is 9.09. The van der Waals surface area contributed by atoms with E-state index in [9.17, 15) is 0 Å². The fraction of sp³-hybridized carbons (Fsp3) is 0.538. The van der Waals surface area contributed by atoms with Crippen LogP contribution in [0, 0.1) is 6.92 Å². The molecule has 0 aliphatic carbocycles. The van der Waals surface area contributed by atoms with Gasteiger partial charge in [0.05, 0.1) is 6.61 Å². The Morgan fingerprint density at radius 3 is 2.67 bits per heavy atom. The Labute approximate surface area is 101 Å². The molecule has 0 radical (unpaired) electrons. The number of ether oxygens (including phenoxy) is 1. The molecular weight excluding hydrogens is 252 g/mol. The Hall–Kier alpha value is -0.500. The van der Waals surface area contributed by atoms with Crippen molar-refractivity contribution >= 4 is 15.9 Å². The van der Waals surface area contributed by atoms with Crippen molar-refractivity contribution in [3.8, 4) is 5.75 Å². The molecule has 2 heteroatoms. The van der Waals surface area contributed by atoms with Crippen LogP contribution in [-0.4, -0.2) is 11.9 Å². The van der Waals surface area contributed by atoms with E-state index in [1.54, 1.807) is 0 Å². The first-order chi connectivity index (χ1) is 7.15. The van der Waals surface area contributed by atoms with E-state index >= 15 is 0 Å². The molecule has 0 aliphatic heterocycles. The van der Waals surface area contributed by atoms with Crippen LogP contribution in [-0.2, 0) is 0 Å². The second-order valence-corrected chi connectivity index (χ2v) is 4.86. The molecule has 0 amide bonds. The molecule has 0 bridgehead atoms. The molecule has 0 heterocycles. The zero-order chi connectivity index (χ0) is 11.3. The number of aryl methyl sites for hydroxylation is 1. The van der Waals surface area contributed by atoms with Gasteiger partial charge in [-0.3, -0.25) is 0 Å². The summed E-state index contributed by atoms with van der Waals surface area (Å²) in [5.74, 6) is 1.59. The van der Waals surface area contributed by atoms with Gasteiger partial charge in [-0.15, -0.1) is 0 Å². The van der Waals surface area contributed by atoms with Crippen LogP contribution in [0.15, 0.2) is 18.2 Å². The van der Waals surface area contributed by atoms with E-state index in [0.717, 1.165) is 24.1 Å². The quantitative estimate of drug-likeness (QED) is 0.573. The standard InChI is InChI=1S/C13H19BrO/c1-10(2)12-6-5-11(3)13(9-12)15-8-4-7-14/h5-6,9-10H,4,7-8H2,1-3H3. The lowest BCUT2D eigenvalue weighted by atomic mass is 10.0. The lowest BCUT2D eigenvalue weighted by Crippen LogP contribution is -2.00. The first kappa shape index (κ1) is 12.6. The zero-order valence-corrected chi connectivity index (χ0v) is 11.3. The minimum absolute atomic E-state index is 0.559. The van der Waals surface area contributed by atoms with E-state index in [1.165, 1.54) is 11.1 Å². The lowest BCUT2D eigenvalue weighted by Gasteiger charge is -2.12. The van der Waals surface area contributed by atoms with Crippen molar-refractivity contribution in [1.29, 1.82) is 0 Å². The Morgan fingerprint density at radius 1 is 1.33 bits per heavy atom. The molecule has 0 N–H and O–H groups in total. The topological polar surface area (TPSA) is 9.23 Å². The molecule has 1 aromatic carbocycles. The van der Waals surface area contributed by atoms with Crippen molar-refractivity contribution in [2.24, 2.45) is 0 Å². The monoisotopic (exact) mass is 270 g/mol. The van der Waals surface area contributed by atoms with Gasteiger partial charge < -0.3 is 4.74 Å². The number of rotatable bonds is 5. The summed E-state index contributed by atoms with van der Waals surface area (Å²) in [5.41, 5.74) is 2.56. The Balaban J connectivity index is 2.72. The molecule has 0 spiro atoms. The summed E-state index contributed by atoms with van der Waals surface area (Å²) in [6.45, 7) is 7.28. The van der Waals surface area contributed by atoms with Crippen LogP contribution >= 0.6 is 15.9 Å². The molecule has 0 saturated carbocycles. The number of alkyl halides is 1. The van der Waals surface area contributed by atoms with Gasteiger partial charge in [0.1, 0.15) is 5.75 Å². The number of halogens is 1. The third-order valence-corrected chi connectivity index (χ3v) is 2.98. The van der Waals surface area contributed by atoms with Gasteiger partial charge in [-0.1, -0.05) is 41.9 Å². The molecule has 0 aliphatic rings. The van der Waals surface area contributed by atoms with Crippen molar-refractivity contribution in [3.05, 3.63) is 29.3 Å². The minimum Gasteiger partial charge on any atom is -0.493 e. The minimum atomic E-state index is 0.559. The van der Waals surface area contributed by atoms with E-state index < -0.39 is 0 Å². The Bertz CT molecular complexity index is 307. The molecular formula is C13H19BrO. The summed E-state index contributed by atoms with van der Waals surface area (Å²) in [4.78, 5) is 0. The van der Waals surface area contributed by atoms with Crippen LogP contribution < -0.4 is 4.74 Å². The van der Waals surface area contributed by atoms with Crippen molar-refractivity contribution in [2.45, 2.75) is 33.1 Å². The predicted molar refractivity (Wildman–Crippen MR) is 69.2 cm³/mol. The summed E-state index contributed by atoms with van der Waals surface area (Å²) in [6.07, 6.45) is 1.05. The van der Waals surface area contributed by atoms with Gasteiger partial charge in [0.2, 0.25) is 0 Å². The molecule has 0 fully saturated rings. The van der Waals surface area contributed by atoms with Crippen LogP contribution in [0.2, 0.25) is 0 Å². The summed E-state index contributed by atoms with van der Waals surface area (Å²) < 4.78 is 5.74. The Morgan fingerprint density at radius 2 is 2.07 bits per heavy atom. The number of hydrogen-bond acceptors (Lipinski definition) is 1. The van der Waals surface area contributed by atoms with E-state index in [-0.39, 0.29) is 0 Å². The third-order valence-electron chi connectivity index (χ3n) is 2.41. The Kier molecular flexibility index (Phi) is 5.16. The molecule has 0 atom stereocenters. The van der Waals surface area contributed by atoms with Crippen molar-refractivity contribution in [1.82, 2.24) is 0 Å². The predicted octanol–water partition coefficient (Wildman–Crippen LogP) is 4.28. The lowest BCUT2D eigenvalue weighted by molar-refractivity contribution is 0.316. The maximum atomic E-state index is 5.74. The van der Waals surface area contributed by atoms with Crippen LogP contribution in [0.25, 0.3) is 0 Å². The first-order valence-electron chi connectivity index (χ1n) is 5.44. The third kappa shape index (κ3) is 3.86. The highest BCUT2D eigenvalue weighted by atomic mass is 79.9. The molecule has 1 nitrogen and oxygen atoms in total. The number of hydrogen-bond donors (Lipinski definition) is 0. The van der Waals surface area contributed by atoms with Gasteiger partial charge in [-0.05, 0) is 36.5 Å². The highest BCUT2D eigenvalue weighted by Crippen LogP contribution is 2.24. The van der Waals surface area contributed by atoms with Crippen LogP contribution in [0.3, 0.4) is 0 Å². The van der Waals surface area contributed by atoms with E-state index in [2.05, 4.69) is 54.9 Å². The molecule has 0 aromatic heterocycles. The second-order valence-electron chi connectivity index (χ2n) is 4.07.